The molecule has 5 nitrogen and oxygen atoms in total. The second-order valence-corrected chi connectivity index (χ2v) is 8.76. The van der Waals surface area contributed by atoms with Crippen LogP contribution < -0.4 is 5.32 Å². The number of nitrogens with zero attached hydrogens (tertiary/aromatic N) is 4. The molecule has 1 saturated heterocycles. The Kier molecular flexibility index (Phi) is 5.69. The Morgan fingerprint density at radius 1 is 0.939 bits per heavy atom. The number of anilines is 1. The molecule has 0 unspecified atom stereocenters. The highest BCUT2D eigenvalue weighted by Crippen LogP contribution is 2.30. The summed E-state index contributed by atoms with van der Waals surface area (Å²) in [7, 11) is 1.93. The molecule has 0 spiro atoms. The maximum Gasteiger partial charge on any atom is 0.130 e. The van der Waals surface area contributed by atoms with Crippen molar-refractivity contribution < 1.29 is 0 Å². The first kappa shape index (κ1) is 21.0. The van der Waals surface area contributed by atoms with E-state index in [4.69, 9.17) is 0 Å². The molecule has 3 heterocycles. The van der Waals surface area contributed by atoms with Gasteiger partial charge in [-0.3, -0.25) is 4.68 Å². The number of nitrogens with one attached hydrogen (secondary N) is 1. The second kappa shape index (κ2) is 8.94. The lowest BCUT2D eigenvalue weighted by atomic mass is 9.93. The van der Waals surface area contributed by atoms with Crippen LogP contribution >= 0.6 is 0 Å². The summed E-state index contributed by atoms with van der Waals surface area (Å²) in [4.78, 5) is 7.00. The molecule has 1 fully saturated rings. The fourth-order valence-corrected chi connectivity index (χ4v) is 4.54. The monoisotopic (exact) mass is 435 g/mol. The summed E-state index contributed by atoms with van der Waals surface area (Å²) in [5.41, 5.74) is 5.60. The third-order valence-electron chi connectivity index (χ3n) is 6.53. The molecule has 33 heavy (non-hydrogen) atoms. The first-order valence-corrected chi connectivity index (χ1v) is 11.4. The average molecular weight is 436 g/mol. The summed E-state index contributed by atoms with van der Waals surface area (Å²) in [6, 6.07) is 18.9. The molecule has 0 saturated carbocycles. The Bertz CT molecular complexity index is 1300. The normalized spacial score (nSPS) is 14.4. The number of allylic oxidation sites excluding steroid dienone is 1. The van der Waals surface area contributed by atoms with Crippen LogP contribution in [0.15, 0.2) is 92.0 Å². The zero-order valence-corrected chi connectivity index (χ0v) is 19.0. The minimum absolute atomic E-state index is 0.420. The summed E-state index contributed by atoms with van der Waals surface area (Å²) in [6.45, 7) is 10.6. The molecule has 5 rings (SSSR count). The van der Waals surface area contributed by atoms with Crippen LogP contribution in [0.5, 0.6) is 0 Å². The molecule has 0 radical (unpaired) electrons. The van der Waals surface area contributed by atoms with Crippen LogP contribution in [0.25, 0.3) is 27.6 Å². The van der Waals surface area contributed by atoms with Gasteiger partial charge in [-0.05, 0) is 41.5 Å². The molecule has 4 aromatic rings. The number of likely N-dealkylation sites (tertiary alicyclic amines) is 1. The van der Waals surface area contributed by atoms with Gasteiger partial charge < -0.3 is 10.2 Å². The van der Waals surface area contributed by atoms with E-state index in [1.807, 2.05) is 36.4 Å². The molecular formula is C28H29N5. The van der Waals surface area contributed by atoms with Crippen molar-refractivity contribution in [3.8, 4) is 11.1 Å². The lowest BCUT2D eigenvalue weighted by Crippen LogP contribution is -2.33. The zero-order valence-electron chi connectivity index (χ0n) is 19.0. The van der Waals surface area contributed by atoms with Crippen molar-refractivity contribution >= 4 is 22.3 Å². The van der Waals surface area contributed by atoms with Gasteiger partial charge in [0.25, 0.3) is 0 Å². The number of hydrogen-bond acceptors (Lipinski definition) is 4. The number of aromatic nitrogens is 3. The van der Waals surface area contributed by atoms with Gasteiger partial charge in [-0.25, -0.2) is 4.98 Å². The molecule has 5 heteroatoms. The Balaban J connectivity index is 1.24. The third kappa shape index (κ3) is 4.53. The number of fused-ring (bicyclic) bond motifs is 1. The third-order valence-corrected chi connectivity index (χ3v) is 6.53. The van der Waals surface area contributed by atoms with Crippen molar-refractivity contribution in [3.05, 3.63) is 97.6 Å². The summed E-state index contributed by atoms with van der Waals surface area (Å²) >= 11 is 0. The molecule has 0 amide bonds. The molecule has 1 aliphatic rings. The second-order valence-electron chi connectivity index (χ2n) is 8.76. The number of rotatable bonds is 6. The van der Waals surface area contributed by atoms with E-state index in [2.05, 4.69) is 82.0 Å². The van der Waals surface area contributed by atoms with E-state index in [9.17, 15) is 0 Å². The number of aryl methyl sites for hydroxylation is 1. The number of benzene rings is 2. The van der Waals surface area contributed by atoms with E-state index < -0.39 is 0 Å². The topological polar surface area (TPSA) is 46.0 Å². The van der Waals surface area contributed by atoms with Gasteiger partial charge in [-0.2, -0.15) is 5.10 Å². The number of piperidine rings is 1. The van der Waals surface area contributed by atoms with Crippen molar-refractivity contribution in [2.75, 3.05) is 18.4 Å². The van der Waals surface area contributed by atoms with Gasteiger partial charge in [0, 0.05) is 60.8 Å². The molecule has 0 aliphatic carbocycles. The van der Waals surface area contributed by atoms with Crippen LogP contribution in [0.4, 0.5) is 5.82 Å². The highest BCUT2D eigenvalue weighted by molar-refractivity contribution is 5.88. The van der Waals surface area contributed by atoms with Gasteiger partial charge in [-0.15, -0.1) is 0 Å². The minimum atomic E-state index is 0.420. The van der Waals surface area contributed by atoms with Gasteiger partial charge in [-0.1, -0.05) is 55.6 Å². The van der Waals surface area contributed by atoms with Crippen molar-refractivity contribution in [2.45, 2.75) is 12.8 Å². The predicted molar refractivity (Wildman–Crippen MR) is 136 cm³/mol. The van der Waals surface area contributed by atoms with Crippen LogP contribution in [0, 0.1) is 5.92 Å². The van der Waals surface area contributed by atoms with E-state index in [0.29, 0.717) is 5.92 Å². The fraction of sp³-hybridized carbons (Fsp3) is 0.214. The standard InChI is InChI=1S/C28H29N5/c1-20(22-11-13-33(14-12-22)21(2)23-7-5-4-6-8-23)31-28-16-26-15-24(9-10-25(26)17-29-28)27-18-30-32(3)19-27/h4-10,15-19,22H,1-2,11-14H2,3H3,(H,29,31). The summed E-state index contributed by atoms with van der Waals surface area (Å²) in [5.74, 6) is 1.26. The maximum absolute atomic E-state index is 4.62. The van der Waals surface area contributed by atoms with Crippen LogP contribution in [0.1, 0.15) is 18.4 Å². The summed E-state index contributed by atoms with van der Waals surface area (Å²) < 4.78 is 1.82. The molecule has 1 N–H and O–H groups in total. The molecule has 0 atom stereocenters. The van der Waals surface area contributed by atoms with E-state index in [1.165, 1.54) is 5.56 Å². The summed E-state index contributed by atoms with van der Waals surface area (Å²) in [5, 5.41) is 10.0. The van der Waals surface area contributed by atoms with E-state index in [0.717, 1.165) is 65.0 Å². The molecule has 2 aromatic heterocycles. The van der Waals surface area contributed by atoms with Crippen molar-refractivity contribution in [2.24, 2.45) is 13.0 Å². The van der Waals surface area contributed by atoms with Crippen molar-refractivity contribution in [1.82, 2.24) is 19.7 Å². The van der Waals surface area contributed by atoms with Gasteiger partial charge in [0.15, 0.2) is 0 Å². The van der Waals surface area contributed by atoms with E-state index in [1.54, 1.807) is 0 Å². The maximum atomic E-state index is 4.62. The molecule has 0 bridgehead atoms. The average Bonchev–Trinajstić information content (AvgIpc) is 3.30. The molecular weight excluding hydrogens is 406 g/mol. The van der Waals surface area contributed by atoms with Crippen LogP contribution in [0.3, 0.4) is 0 Å². The van der Waals surface area contributed by atoms with Crippen LogP contribution in [-0.4, -0.2) is 32.8 Å². The SMILES string of the molecule is C=C(Nc1cc2cc(-c3cnn(C)c3)ccc2cn1)C1CCN(C(=C)c2ccccc2)CC1. The minimum Gasteiger partial charge on any atom is -0.371 e. The van der Waals surface area contributed by atoms with Gasteiger partial charge in [0.1, 0.15) is 5.82 Å². The first-order valence-electron chi connectivity index (χ1n) is 11.4. The highest BCUT2D eigenvalue weighted by atomic mass is 15.2. The summed E-state index contributed by atoms with van der Waals surface area (Å²) in [6.07, 6.45) is 7.95. The van der Waals surface area contributed by atoms with Gasteiger partial charge in [0.05, 0.1) is 6.20 Å². The van der Waals surface area contributed by atoms with Crippen LogP contribution in [0.2, 0.25) is 0 Å². The molecule has 2 aromatic carbocycles. The zero-order chi connectivity index (χ0) is 22.8. The lowest BCUT2D eigenvalue weighted by Gasteiger charge is -2.35. The Hall–Kier alpha value is -3.86. The largest absolute Gasteiger partial charge is 0.371 e. The quantitative estimate of drug-likeness (QED) is 0.407. The fourth-order valence-electron chi connectivity index (χ4n) is 4.54. The van der Waals surface area contributed by atoms with Gasteiger partial charge >= 0.3 is 0 Å². The Morgan fingerprint density at radius 2 is 1.73 bits per heavy atom. The Morgan fingerprint density at radius 3 is 2.45 bits per heavy atom. The smallest absolute Gasteiger partial charge is 0.130 e. The van der Waals surface area contributed by atoms with Crippen LogP contribution in [-0.2, 0) is 7.05 Å². The lowest BCUT2D eigenvalue weighted by molar-refractivity contribution is 0.279. The molecule has 166 valence electrons. The van der Waals surface area contributed by atoms with Crippen molar-refractivity contribution in [1.29, 1.82) is 0 Å². The van der Waals surface area contributed by atoms with Crippen molar-refractivity contribution in [3.63, 3.8) is 0 Å². The molecule has 1 aliphatic heterocycles. The highest BCUT2D eigenvalue weighted by Gasteiger charge is 2.23. The first-order chi connectivity index (χ1) is 16.1. The number of pyridine rings is 1. The predicted octanol–water partition coefficient (Wildman–Crippen LogP) is 5.94. The van der Waals surface area contributed by atoms with E-state index >= 15 is 0 Å². The van der Waals surface area contributed by atoms with E-state index in [-0.39, 0.29) is 0 Å². The van der Waals surface area contributed by atoms with Gasteiger partial charge in [0.2, 0.25) is 0 Å². The number of hydrogen-bond donors (Lipinski definition) is 1. The Labute approximate surface area is 195 Å².